The topological polar surface area (TPSA) is 31.6 Å². The fraction of sp³-hybridized carbons (Fsp3) is 0.600. The van der Waals surface area contributed by atoms with Gasteiger partial charge in [0.2, 0.25) is 0 Å². The maximum Gasteiger partial charge on any atom is 0.0998 e. The van der Waals surface area contributed by atoms with Gasteiger partial charge in [-0.3, -0.25) is 4.90 Å². The molecule has 0 amide bonds. The average Bonchev–Trinajstić information content (AvgIpc) is 2.88. The maximum atomic E-state index is 11.7. The number of hydrogen-bond donors (Lipinski definition) is 1. The molecule has 1 saturated heterocycles. The van der Waals surface area contributed by atoms with E-state index in [1.165, 1.54) is 29.6 Å². The highest BCUT2D eigenvalue weighted by atomic mass is 16.3. The zero-order chi connectivity index (χ0) is 16.5. The quantitative estimate of drug-likeness (QED) is 0.919. The van der Waals surface area contributed by atoms with E-state index in [2.05, 4.69) is 52.7 Å². The molecule has 4 nitrogen and oxygen atoms in total. The van der Waals surface area contributed by atoms with Gasteiger partial charge in [-0.15, -0.1) is 0 Å². The number of likely N-dealkylation sites (N-methyl/N-ethyl adjacent to an activating group) is 1. The molecule has 24 heavy (non-hydrogen) atoms. The van der Waals surface area contributed by atoms with Crippen LogP contribution >= 0.6 is 0 Å². The molecule has 3 unspecified atom stereocenters. The van der Waals surface area contributed by atoms with Gasteiger partial charge < -0.3 is 14.6 Å². The van der Waals surface area contributed by atoms with E-state index >= 15 is 0 Å². The molecular formula is C20H27N3O. The fourth-order valence-electron chi connectivity index (χ4n) is 5.77. The van der Waals surface area contributed by atoms with Crippen LogP contribution in [0.3, 0.4) is 0 Å². The molecule has 1 aromatic carbocycles. The average molecular weight is 325 g/mol. The molecule has 1 N–H and O–H groups in total. The fourth-order valence-corrected chi connectivity index (χ4v) is 5.77. The third-order valence-corrected chi connectivity index (χ3v) is 6.50. The van der Waals surface area contributed by atoms with Crippen LogP contribution in [0.5, 0.6) is 0 Å². The van der Waals surface area contributed by atoms with Crippen molar-refractivity contribution in [3.63, 3.8) is 0 Å². The van der Waals surface area contributed by atoms with Crippen molar-refractivity contribution in [2.75, 3.05) is 33.7 Å². The predicted molar refractivity (Wildman–Crippen MR) is 96.2 cm³/mol. The summed E-state index contributed by atoms with van der Waals surface area (Å²) in [5.41, 5.74) is 3.72. The Bertz CT molecular complexity index is 796. The van der Waals surface area contributed by atoms with E-state index in [0.717, 1.165) is 32.5 Å². The summed E-state index contributed by atoms with van der Waals surface area (Å²) in [5, 5.41) is 13.1. The Hall–Kier alpha value is -1.36. The molecule has 0 saturated carbocycles. The van der Waals surface area contributed by atoms with Gasteiger partial charge >= 0.3 is 0 Å². The highest BCUT2D eigenvalue weighted by Gasteiger charge is 2.52. The molecule has 3 aliphatic rings. The zero-order valence-corrected chi connectivity index (χ0v) is 14.7. The van der Waals surface area contributed by atoms with E-state index in [1.807, 2.05) is 0 Å². The lowest BCUT2D eigenvalue weighted by Gasteiger charge is -2.54. The van der Waals surface area contributed by atoms with Crippen LogP contribution in [0.25, 0.3) is 10.9 Å². The van der Waals surface area contributed by atoms with E-state index in [0.29, 0.717) is 12.0 Å². The first-order chi connectivity index (χ1) is 11.6. The standard InChI is InChI=1S/C20H27N3O/c1-21(2)12-20(24)13-23-17-8-4-3-6-14(17)15-9-11-22-10-5-7-16(20)19(22)18(15)23/h3-4,6,8,16,19,24H,5,7,9-13H2,1-2H3. The van der Waals surface area contributed by atoms with Crippen LogP contribution in [-0.4, -0.2) is 58.8 Å². The van der Waals surface area contributed by atoms with Crippen LogP contribution in [0.4, 0.5) is 0 Å². The lowest BCUT2D eigenvalue weighted by atomic mass is 9.70. The van der Waals surface area contributed by atoms with Gasteiger partial charge in [0.15, 0.2) is 0 Å². The third-order valence-electron chi connectivity index (χ3n) is 6.50. The van der Waals surface area contributed by atoms with Gasteiger partial charge in [-0.1, -0.05) is 18.2 Å². The second kappa shape index (κ2) is 5.07. The monoisotopic (exact) mass is 325 g/mol. The summed E-state index contributed by atoms with van der Waals surface area (Å²) in [5.74, 6) is 0.351. The van der Waals surface area contributed by atoms with E-state index < -0.39 is 5.60 Å². The van der Waals surface area contributed by atoms with Gasteiger partial charge in [0.25, 0.3) is 0 Å². The summed E-state index contributed by atoms with van der Waals surface area (Å²) in [6.07, 6.45) is 3.51. The Morgan fingerprint density at radius 3 is 2.92 bits per heavy atom. The lowest BCUT2D eigenvalue weighted by Crippen LogP contribution is -2.60. The third kappa shape index (κ3) is 1.91. The molecule has 0 radical (unpaired) electrons. The molecule has 4 heterocycles. The molecular weight excluding hydrogens is 298 g/mol. The van der Waals surface area contributed by atoms with Gasteiger partial charge in [-0.05, 0) is 51.5 Å². The summed E-state index contributed by atoms with van der Waals surface area (Å²) in [4.78, 5) is 4.80. The Kier molecular flexibility index (Phi) is 3.16. The molecule has 0 spiro atoms. The zero-order valence-electron chi connectivity index (χ0n) is 14.7. The number of aliphatic hydroxyl groups is 1. The van der Waals surface area contributed by atoms with Crippen LogP contribution in [-0.2, 0) is 13.0 Å². The van der Waals surface area contributed by atoms with E-state index in [9.17, 15) is 5.11 Å². The van der Waals surface area contributed by atoms with Crippen LogP contribution in [0.15, 0.2) is 24.3 Å². The van der Waals surface area contributed by atoms with Crippen molar-refractivity contribution >= 4 is 10.9 Å². The molecule has 0 bridgehead atoms. The Morgan fingerprint density at radius 1 is 1.25 bits per heavy atom. The Morgan fingerprint density at radius 2 is 2.08 bits per heavy atom. The van der Waals surface area contributed by atoms with Gasteiger partial charge in [0.05, 0.1) is 18.2 Å². The summed E-state index contributed by atoms with van der Waals surface area (Å²) in [6.45, 7) is 3.79. The Balaban J connectivity index is 1.76. The minimum atomic E-state index is -0.643. The second-order valence-electron chi connectivity index (χ2n) is 8.29. The second-order valence-corrected chi connectivity index (χ2v) is 8.29. The van der Waals surface area contributed by atoms with Crippen molar-refractivity contribution in [2.24, 2.45) is 5.92 Å². The molecule has 5 rings (SSSR count). The van der Waals surface area contributed by atoms with Crippen molar-refractivity contribution in [3.05, 3.63) is 35.5 Å². The number of benzene rings is 1. The minimum Gasteiger partial charge on any atom is -0.386 e. The van der Waals surface area contributed by atoms with E-state index in [-0.39, 0.29) is 0 Å². The number of piperidine rings is 1. The van der Waals surface area contributed by atoms with Crippen LogP contribution in [0.1, 0.15) is 30.1 Å². The number of rotatable bonds is 2. The van der Waals surface area contributed by atoms with Crippen LogP contribution in [0, 0.1) is 5.92 Å². The summed E-state index contributed by atoms with van der Waals surface area (Å²) >= 11 is 0. The van der Waals surface area contributed by atoms with Gasteiger partial charge in [0, 0.05) is 35.6 Å². The van der Waals surface area contributed by atoms with Crippen molar-refractivity contribution in [1.29, 1.82) is 0 Å². The molecule has 1 fully saturated rings. The molecule has 3 atom stereocenters. The SMILES string of the molecule is CN(C)CC1(O)Cn2c3c(c4ccccc42)CCN2CCCC1C32. The van der Waals surface area contributed by atoms with Crippen LogP contribution < -0.4 is 0 Å². The summed E-state index contributed by atoms with van der Waals surface area (Å²) in [7, 11) is 4.16. The number of para-hydroxylation sites is 1. The van der Waals surface area contributed by atoms with Crippen molar-refractivity contribution in [2.45, 2.75) is 37.5 Å². The normalized spacial score (nSPS) is 32.3. The van der Waals surface area contributed by atoms with Crippen molar-refractivity contribution in [1.82, 2.24) is 14.4 Å². The van der Waals surface area contributed by atoms with E-state index in [1.54, 1.807) is 5.56 Å². The van der Waals surface area contributed by atoms with E-state index in [4.69, 9.17) is 0 Å². The smallest absolute Gasteiger partial charge is 0.0998 e. The molecule has 3 aliphatic heterocycles. The van der Waals surface area contributed by atoms with Gasteiger partial charge in [-0.2, -0.15) is 0 Å². The predicted octanol–water partition coefficient (Wildman–Crippen LogP) is 2.26. The molecule has 2 aromatic rings. The lowest BCUT2D eigenvalue weighted by molar-refractivity contribution is -0.116. The number of fused-ring (bicyclic) bond motifs is 3. The number of aromatic nitrogens is 1. The first kappa shape index (κ1) is 14.9. The molecule has 0 aliphatic carbocycles. The van der Waals surface area contributed by atoms with Crippen molar-refractivity contribution in [3.8, 4) is 0 Å². The summed E-state index contributed by atoms with van der Waals surface area (Å²) in [6, 6.07) is 9.19. The maximum absolute atomic E-state index is 11.7. The van der Waals surface area contributed by atoms with Gasteiger partial charge in [0.1, 0.15) is 0 Å². The van der Waals surface area contributed by atoms with Gasteiger partial charge in [-0.25, -0.2) is 0 Å². The highest BCUT2D eigenvalue weighted by Crippen LogP contribution is 2.51. The first-order valence-electron chi connectivity index (χ1n) is 9.30. The molecule has 128 valence electrons. The Labute approximate surface area is 143 Å². The molecule has 1 aromatic heterocycles. The summed E-state index contributed by atoms with van der Waals surface area (Å²) < 4.78 is 2.45. The highest BCUT2D eigenvalue weighted by molar-refractivity contribution is 5.86. The number of nitrogens with zero attached hydrogens (tertiary/aromatic N) is 3. The first-order valence-corrected chi connectivity index (χ1v) is 9.30. The van der Waals surface area contributed by atoms with Crippen molar-refractivity contribution < 1.29 is 5.11 Å². The minimum absolute atomic E-state index is 0.351. The largest absolute Gasteiger partial charge is 0.386 e. The molecule has 4 heteroatoms. The number of hydrogen-bond acceptors (Lipinski definition) is 3. The van der Waals surface area contributed by atoms with Crippen LogP contribution in [0.2, 0.25) is 0 Å².